The Balaban J connectivity index is 2.38. The smallest absolute Gasteiger partial charge is 0.342 e. The number of pyridine rings is 1. The number of rotatable bonds is 4. The molecule has 3 rings (SSSR count). The predicted molar refractivity (Wildman–Crippen MR) is 94.9 cm³/mol. The van der Waals surface area contributed by atoms with Gasteiger partial charge in [-0.3, -0.25) is 4.79 Å². The van der Waals surface area contributed by atoms with Crippen LogP contribution in [0, 0.1) is 0 Å². The van der Waals surface area contributed by atoms with Crippen molar-refractivity contribution in [2.24, 2.45) is 0 Å². The molecule has 2 aromatic carbocycles. The number of carboxylic acids is 2. The largest absolute Gasteiger partial charge is 0.497 e. The van der Waals surface area contributed by atoms with Crippen molar-refractivity contribution in [3.05, 3.63) is 57.9 Å². The Hall–Kier alpha value is -3.81. The fourth-order valence-electron chi connectivity index (χ4n) is 2.84. The monoisotopic (exact) mass is 354 g/mol. The van der Waals surface area contributed by atoms with Crippen LogP contribution in [0.15, 0.2) is 41.2 Å². The van der Waals surface area contributed by atoms with E-state index in [0.717, 1.165) is 10.8 Å². The molecule has 0 spiro atoms. The standard InChI is InChI=1S/C18H14N2O6/c1-26-11-5-4-8-6-10(3-2-9(8)7-11)12-13(17(22)23)15(19)20-16(21)14(12)18(24)25/h2-7H,1H3,(H,22,23)(H,24,25)(H3,19,20,21). The molecule has 26 heavy (non-hydrogen) atoms. The van der Waals surface area contributed by atoms with Gasteiger partial charge in [-0.1, -0.05) is 18.2 Å². The van der Waals surface area contributed by atoms with Crippen molar-refractivity contribution < 1.29 is 24.5 Å². The number of aromatic amines is 1. The molecule has 0 aliphatic heterocycles. The van der Waals surface area contributed by atoms with E-state index in [-0.39, 0.29) is 11.1 Å². The maximum atomic E-state index is 12.1. The predicted octanol–water partition coefficient (Wildman–Crippen LogP) is 2.18. The van der Waals surface area contributed by atoms with Gasteiger partial charge in [0.05, 0.1) is 7.11 Å². The van der Waals surface area contributed by atoms with Gasteiger partial charge >= 0.3 is 11.9 Å². The lowest BCUT2D eigenvalue weighted by molar-refractivity contribution is 0.0695. The number of hydrogen-bond acceptors (Lipinski definition) is 5. The van der Waals surface area contributed by atoms with Crippen LogP contribution in [0.2, 0.25) is 0 Å². The highest BCUT2D eigenvalue weighted by Gasteiger charge is 2.26. The molecular weight excluding hydrogens is 340 g/mol. The molecule has 0 unspecified atom stereocenters. The Morgan fingerprint density at radius 1 is 1.00 bits per heavy atom. The molecule has 0 atom stereocenters. The summed E-state index contributed by atoms with van der Waals surface area (Å²) in [6.45, 7) is 0. The quantitative estimate of drug-likeness (QED) is 0.562. The molecule has 1 aromatic heterocycles. The number of carboxylic acid groups (broad SMARTS) is 2. The van der Waals surface area contributed by atoms with Gasteiger partial charge in [-0.25, -0.2) is 9.59 Å². The second kappa shape index (κ2) is 6.25. The van der Waals surface area contributed by atoms with Crippen LogP contribution in [0.4, 0.5) is 5.82 Å². The number of anilines is 1. The van der Waals surface area contributed by atoms with Gasteiger partial charge < -0.3 is 25.7 Å². The Bertz CT molecular complexity index is 1120. The van der Waals surface area contributed by atoms with E-state index >= 15 is 0 Å². The number of nitrogen functional groups attached to an aromatic ring is 1. The Morgan fingerprint density at radius 2 is 1.62 bits per heavy atom. The van der Waals surface area contributed by atoms with Crippen molar-refractivity contribution in [1.82, 2.24) is 4.98 Å². The zero-order chi connectivity index (χ0) is 19.0. The van der Waals surface area contributed by atoms with E-state index in [9.17, 15) is 24.6 Å². The van der Waals surface area contributed by atoms with Crippen LogP contribution >= 0.6 is 0 Å². The molecule has 0 saturated carbocycles. The molecular formula is C18H14N2O6. The summed E-state index contributed by atoms with van der Waals surface area (Å²) in [5.74, 6) is -2.75. The van der Waals surface area contributed by atoms with Gasteiger partial charge in [-0.2, -0.15) is 0 Å². The molecule has 0 aliphatic carbocycles. The summed E-state index contributed by atoms with van der Waals surface area (Å²) < 4.78 is 5.15. The summed E-state index contributed by atoms with van der Waals surface area (Å²) in [6.07, 6.45) is 0. The first-order chi connectivity index (χ1) is 12.3. The summed E-state index contributed by atoms with van der Waals surface area (Å²) in [6, 6.07) is 10.1. The first kappa shape index (κ1) is 17.0. The summed E-state index contributed by atoms with van der Waals surface area (Å²) >= 11 is 0. The lowest BCUT2D eigenvalue weighted by Gasteiger charge is -2.13. The molecule has 8 heteroatoms. The van der Waals surface area contributed by atoms with E-state index in [0.29, 0.717) is 5.75 Å². The number of hydrogen-bond donors (Lipinski definition) is 4. The summed E-state index contributed by atoms with van der Waals surface area (Å²) in [5, 5.41) is 20.4. The van der Waals surface area contributed by atoms with Crippen LogP contribution in [0.1, 0.15) is 20.7 Å². The van der Waals surface area contributed by atoms with Crippen molar-refractivity contribution in [1.29, 1.82) is 0 Å². The summed E-state index contributed by atoms with van der Waals surface area (Å²) in [4.78, 5) is 37.4. The highest BCUT2D eigenvalue weighted by Crippen LogP contribution is 2.32. The van der Waals surface area contributed by atoms with E-state index in [1.54, 1.807) is 30.3 Å². The van der Waals surface area contributed by atoms with E-state index in [2.05, 4.69) is 4.98 Å². The highest BCUT2D eigenvalue weighted by molar-refractivity contribution is 6.08. The fourth-order valence-corrected chi connectivity index (χ4v) is 2.84. The molecule has 0 saturated heterocycles. The fraction of sp³-hybridized carbons (Fsp3) is 0.0556. The number of benzene rings is 2. The Labute approximate surface area is 146 Å². The summed E-state index contributed by atoms with van der Waals surface area (Å²) in [5.41, 5.74) is 3.55. The lowest BCUT2D eigenvalue weighted by atomic mass is 9.93. The average molecular weight is 354 g/mol. The molecule has 1 heterocycles. The number of aromatic carboxylic acids is 2. The van der Waals surface area contributed by atoms with Crippen LogP contribution in [0.5, 0.6) is 5.75 Å². The van der Waals surface area contributed by atoms with Crippen molar-refractivity contribution in [2.75, 3.05) is 12.8 Å². The van der Waals surface area contributed by atoms with E-state index in [1.807, 2.05) is 0 Å². The van der Waals surface area contributed by atoms with Crippen LogP contribution < -0.4 is 16.0 Å². The lowest BCUT2D eigenvalue weighted by Crippen LogP contribution is -2.24. The number of nitrogens with two attached hydrogens (primary N) is 1. The third kappa shape index (κ3) is 2.73. The van der Waals surface area contributed by atoms with Crippen molar-refractivity contribution in [3.63, 3.8) is 0 Å². The first-order valence-corrected chi connectivity index (χ1v) is 7.44. The van der Waals surface area contributed by atoms with Gasteiger partial charge in [0.2, 0.25) is 0 Å². The number of ether oxygens (including phenoxy) is 1. The van der Waals surface area contributed by atoms with Gasteiger partial charge in [0.1, 0.15) is 22.7 Å². The van der Waals surface area contributed by atoms with Crippen LogP contribution in [-0.2, 0) is 0 Å². The maximum Gasteiger partial charge on any atom is 0.342 e. The van der Waals surface area contributed by atoms with Crippen LogP contribution in [0.25, 0.3) is 21.9 Å². The molecule has 0 bridgehead atoms. The minimum Gasteiger partial charge on any atom is -0.497 e. The van der Waals surface area contributed by atoms with Gasteiger partial charge in [-0.15, -0.1) is 0 Å². The number of carbonyl (C=O) groups is 2. The van der Waals surface area contributed by atoms with E-state index < -0.39 is 34.4 Å². The second-order valence-corrected chi connectivity index (χ2v) is 5.53. The molecule has 0 fully saturated rings. The average Bonchev–Trinajstić information content (AvgIpc) is 2.59. The van der Waals surface area contributed by atoms with Crippen molar-refractivity contribution in [2.45, 2.75) is 0 Å². The van der Waals surface area contributed by atoms with Crippen LogP contribution in [0.3, 0.4) is 0 Å². The number of nitrogens with one attached hydrogen (secondary N) is 1. The second-order valence-electron chi connectivity index (χ2n) is 5.53. The van der Waals surface area contributed by atoms with Crippen molar-refractivity contribution >= 4 is 28.5 Å². The normalized spacial score (nSPS) is 10.7. The zero-order valence-corrected chi connectivity index (χ0v) is 13.6. The topological polar surface area (TPSA) is 143 Å². The highest BCUT2D eigenvalue weighted by atomic mass is 16.5. The molecule has 8 nitrogen and oxygen atoms in total. The SMILES string of the molecule is COc1ccc2cc(-c3c(C(=O)O)c(N)[nH]c(=O)c3C(=O)O)ccc2c1. The first-order valence-electron chi connectivity index (χ1n) is 7.44. The molecule has 0 amide bonds. The Morgan fingerprint density at radius 3 is 2.23 bits per heavy atom. The number of methoxy groups -OCH3 is 1. The minimum atomic E-state index is -1.54. The number of fused-ring (bicyclic) bond motifs is 1. The molecule has 5 N–H and O–H groups in total. The van der Waals surface area contributed by atoms with E-state index in [4.69, 9.17) is 10.5 Å². The molecule has 132 valence electrons. The van der Waals surface area contributed by atoms with Gasteiger partial charge in [-0.05, 0) is 34.5 Å². The van der Waals surface area contributed by atoms with Crippen LogP contribution in [-0.4, -0.2) is 34.2 Å². The third-order valence-corrected chi connectivity index (χ3v) is 4.01. The van der Waals surface area contributed by atoms with Gasteiger partial charge in [0.25, 0.3) is 5.56 Å². The Kier molecular flexibility index (Phi) is 4.09. The maximum absolute atomic E-state index is 12.1. The van der Waals surface area contributed by atoms with E-state index in [1.165, 1.54) is 13.2 Å². The van der Waals surface area contributed by atoms with Gasteiger partial charge in [0.15, 0.2) is 0 Å². The van der Waals surface area contributed by atoms with Gasteiger partial charge in [0, 0.05) is 5.56 Å². The molecule has 0 radical (unpaired) electrons. The minimum absolute atomic E-state index is 0.232. The molecule has 3 aromatic rings. The molecule has 0 aliphatic rings. The number of aromatic nitrogens is 1. The summed E-state index contributed by atoms with van der Waals surface area (Å²) in [7, 11) is 1.53. The zero-order valence-electron chi connectivity index (χ0n) is 13.6. The number of H-pyrrole nitrogens is 1. The van der Waals surface area contributed by atoms with Crippen molar-refractivity contribution in [3.8, 4) is 16.9 Å². The third-order valence-electron chi connectivity index (χ3n) is 4.01.